The minimum absolute atomic E-state index is 1.31. The van der Waals surface area contributed by atoms with Gasteiger partial charge in [-0.2, -0.15) is 0 Å². The lowest BCUT2D eigenvalue weighted by molar-refractivity contribution is 0.678. The Labute approximate surface area is 102 Å². The molecule has 0 N–H and O–H groups in total. The molecule has 0 spiro atoms. The Bertz CT molecular complexity index is 266. The van der Waals surface area contributed by atoms with Gasteiger partial charge in [-0.15, -0.1) is 0 Å². The van der Waals surface area contributed by atoms with Crippen molar-refractivity contribution >= 4 is 0 Å². The molecule has 0 atom stereocenters. The molecule has 1 aromatic rings. The Morgan fingerprint density at radius 1 is 0.688 bits per heavy atom. The van der Waals surface area contributed by atoms with Crippen LogP contribution in [0.5, 0.6) is 0 Å². The van der Waals surface area contributed by atoms with Gasteiger partial charge in [0, 0.05) is 0 Å². The number of aryl methyl sites for hydroxylation is 2. The smallest absolute Gasteiger partial charge is 0.0273 e. The highest BCUT2D eigenvalue weighted by molar-refractivity contribution is 5.41. The van der Waals surface area contributed by atoms with Crippen molar-refractivity contribution in [2.75, 3.05) is 0 Å². The van der Waals surface area contributed by atoms with E-state index in [2.05, 4.69) is 26.0 Å². The maximum atomic E-state index is 2.26. The van der Waals surface area contributed by atoms with Gasteiger partial charge in [0.15, 0.2) is 0 Å². The van der Waals surface area contributed by atoms with Crippen molar-refractivity contribution in [1.29, 1.82) is 0 Å². The minimum atomic E-state index is 1.31. The molecule has 0 fully saturated rings. The summed E-state index contributed by atoms with van der Waals surface area (Å²) in [5.74, 6) is 0. The van der Waals surface area contributed by atoms with Crippen LogP contribution in [0.3, 0.4) is 0 Å². The van der Waals surface area contributed by atoms with Gasteiger partial charge < -0.3 is 0 Å². The third-order valence-electron chi connectivity index (χ3n) is 3.00. The number of hydrogen-bond donors (Lipinski definition) is 0. The number of fused-ring (bicyclic) bond motifs is 1. The van der Waals surface area contributed by atoms with Gasteiger partial charge in [0.05, 0.1) is 0 Å². The van der Waals surface area contributed by atoms with Gasteiger partial charge in [-0.1, -0.05) is 39.8 Å². The second-order valence-electron chi connectivity index (χ2n) is 3.86. The fourth-order valence-electron chi connectivity index (χ4n) is 2.23. The predicted molar refractivity (Wildman–Crippen MR) is 75.3 cm³/mol. The number of rotatable bonds is 0. The van der Waals surface area contributed by atoms with Crippen LogP contribution in [0.25, 0.3) is 0 Å². The summed E-state index contributed by atoms with van der Waals surface area (Å²) in [7, 11) is 0. The summed E-state index contributed by atoms with van der Waals surface area (Å²) in [4.78, 5) is 0. The van der Waals surface area contributed by atoms with E-state index in [1.165, 1.54) is 36.8 Å². The highest BCUT2D eigenvalue weighted by atomic mass is 14.2. The van der Waals surface area contributed by atoms with E-state index in [0.717, 1.165) is 0 Å². The molecule has 92 valence electrons. The van der Waals surface area contributed by atoms with E-state index in [1.54, 1.807) is 11.1 Å². The molecule has 0 aromatic heterocycles. The lowest BCUT2D eigenvalue weighted by atomic mass is 9.86. The first-order chi connectivity index (χ1) is 7.79. The van der Waals surface area contributed by atoms with Crippen molar-refractivity contribution in [3.63, 3.8) is 0 Å². The van der Waals surface area contributed by atoms with Crippen LogP contribution in [0.2, 0.25) is 0 Å². The average Bonchev–Trinajstić information content (AvgIpc) is 2.39. The van der Waals surface area contributed by atoms with Crippen molar-refractivity contribution in [1.82, 2.24) is 0 Å². The van der Waals surface area contributed by atoms with Crippen LogP contribution < -0.4 is 0 Å². The van der Waals surface area contributed by atoms with Gasteiger partial charge in [0.2, 0.25) is 0 Å². The first kappa shape index (κ1) is 15.2. The first-order valence-corrected chi connectivity index (χ1v) is 6.87. The standard InChI is InChI=1S/C12H16.2C2H6/c1-9-7-8-10(2)12-6-4-3-5-11(9)12;2*1-2/h7-8H,3-6H2,1-2H3;2*1-2H3. The van der Waals surface area contributed by atoms with Crippen LogP contribution in [-0.2, 0) is 12.8 Å². The van der Waals surface area contributed by atoms with Crippen LogP contribution in [0.1, 0.15) is 62.8 Å². The summed E-state index contributed by atoms with van der Waals surface area (Å²) >= 11 is 0. The Balaban J connectivity index is 0.000000509. The summed E-state index contributed by atoms with van der Waals surface area (Å²) < 4.78 is 0. The summed E-state index contributed by atoms with van der Waals surface area (Å²) in [5.41, 5.74) is 6.27. The predicted octanol–water partition coefficient (Wildman–Crippen LogP) is 5.23. The molecule has 0 bridgehead atoms. The van der Waals surface area contributed by atoms with Gasteiger partial charge in [-0.3, -0.25) is 0 Å². The molecular formula is C16H28. The molecule has 0 radical (unpaired) electrons. The molecule has 1 aromatic carbocycles. The largest absolute Gasteiger partial charge is 0.0683 e. The normalized spacial score (nSPS) is 12.6. The van der Waals surface area contributed by atoms with E-state index in [4.69, 9.17) is 0 Å². The molecule has 1 aliphatic carbocycles. The number of benzene rings is 1. The van der Waals surface area contributed by atoms with Crippen LogP contribution >= 0.6 is 0 Å². The molecule has 2 rings (SSSR count). The molecule has 0 heteroatoms. The van der Waals surface area contributed by atoms with E-state index in [0.29, 0.717) is 0 Å². The van der Waals surface area contributed by atoms with Crippen LogP contribution in [0, 0.1) is 13.8 Å². The first-order valence-electron chi connectivity index (χ1n) is 6.87. The fraction of sp³-hybridized carbons (Fsp3) is 0.625. The molecule has 16 heavy (non-hydrogen) atoms. The van der Waals surface area contributed by atoms with E-state index in [1.807, 2.05) is 27.7 Å². The second kappa shape index (κ2) is 8.38. The molecule has 0 saturated heterocycles. The van der Waals surface area contributed by atoms with Crippen molar-refractivity contribution in [3.8, 4) is 0 Å². The molecular weight excluding hydrogens is 192 g/mol. The van der Waals surface area contributed by atoms with Crippen LogP contribution in [0.15, 0.2) is 12.1 Å². The highest BCUT2D eigenvalue weighted by Gasteiger charge is 2.12. The fourth-order valence-corrected chi connectivity index (χ4v) is 2.23. The van der Waals surface area contributed by atoms with E-state index >= 15 is 0 Å². The Hall–Kier alpha value is -0.780. The summed E-state index contributed by atoms with van der Waals surface area (Å²) in [6.45, 7) is 12.5. The molecule has 0 amide bonds. The van der Waals surface area contributed by atoms with Gasteiger partial charge in [0.25, 0.3) is 0 Å². The van der Waals surface area contributed by atoms with Gasteiger partial charge >= 0.3 is 0 Å². The van der Waals surface area contributed by atoms with E-state index in [-0.39, 0.29) is 0 Å². The quantitative estimate of drug-likeness (QED) is 0.561. The third kappa shape index (κ3) is 3.66. The monoisotopic (exact) mass is 220 g/mol. The molecule has 0 nitrogen and oxygen atoms in total. The number of hydrogen-bond acceptors (Lipinski definition) is 0. The summed E-state index contributed by atoms with van der Waals surface area (Å²) in [6, 6.07) is 4.53. The van der Waals surface area contributed by atoms with Gasteiger partial charge in [-0.25, -0.2) is 0 Å². The SMILES string of the molecule is CC.CC.Cc1ccc(C)c2c1CCCC2. The van der Waals surface area contributed by atoms with Crippen molar-refractivity contribution in [2.24, 2.45) is 0 Å². The Kier molecular flexibility index (Phi) is 7.97. The topological polar surface area (TPSA) is 0 Å². The van der Waals surface area contributed by atoms with Crippen molar-refractivity contribution in [2.45, 2.75) is 67.2 Å². The molecule has 0 unspecified atom stereocenters. The summed E-state index contributed by atoms with van der Waals surface area (Å²) in [6.07, 6.45) is 5.39. The second-order valence-corrected chi connectivity index (χ2v) is 3.86. The van der Waals surface area contributed by atoms with E-state index in [9.17, 15) is 0 Å². The average molecular weight is 220 g/mol. The van der Waals surface area contributed by atoms with E-state index < -0.39 is 0 Å². The molecule has 0 saturated carbocycles. The minimum Gasteiger partial charge on any atom is -0.0683 e. The van der Waals surface area contributed by atoms with Crippen LogP contribution in [-0.4, -0.2) is 0 Å². The zero-order valence-electron chi connectivity index (χ0n) is 12.0. The zero-order valence-corrected chi connectivity index (χ0v) is 12.0. The van der Waals surface area contributed by atoms with Gasteiger partial charge in [0.1, 0.15) is 0 Å². The molecule has 0 aliphatic heterocycles. The maximum Gasteiger partial charge on any atom is -0.0273 e. The van der Waals surface area contributed by atoms with Gasteiger partial charge in [-0.05, 0) is 61.8 Å². The highest BCUT2D eigenvalue weighted by Crippen LogP contribution is 2.26. The maximum absolute atomic E-state index is 2.26. The Morgan fingerprint density at radius 3 is 1.31 bits per heavy atom. The van der Waals surface area contributed by atoms with Crippen molar-refractivity contribution in [3.05, 3.63) is 34.4 Å². The molecule has 1 aliphatic rings. The molecule has 0 heterocycles. The van der Waals surface area contributed by atoms with Crippen molar-refractivity contribution < 1.29 is 0 Å². The van der Waals surface area contributed by atoms with Crippen LogP contribution in [0.4, 0.5) is 0 Å². The lowest BCUT2D eigenvalue weighted by Crippen LogP contribution is -2.06. The zero-order chi connectivity index (χ0) is 12.6. The summed E-state index contributed by atoms with van der Waals surface area (Å²) in [5, 5.41) is 0. The third-order valence-corrected chi connectivity index (χ3v) is 3.00. The lowest BCUT2D eigenvalue weighted by Gasteiger charge is -2.19. The Morgan fingerprint density at radius 2 is 1.00 bits per heavy atom.